The molecule has 0 aliphatic carbocycles. The van der Waals surface area contributed by atoms with Gasteiger partial charge in [-0.2, -0.15) is 5.10 Å². The van der Waals surface area contributed by atoms with Gasteiger partial charge in [-0.15, -0.1) is 11.3 Å². The minimum Gasteiger partial charge on any atom is -0.314 e. The van der Waals surface area contributed by atoms with E-state index in [9.17, 15) is 8.42 Å². The summed E-state index contributed by atoms with van der Waals surface area (Å²) in [6.07, 6.45) is 0. The molecular formula is C14H22ClN4O2S2+. The van der Waals surface area contributed by atoms with Gasteiger partial charge in [0.15, 0.2) is 6.67 Å². The van der Waals surface area contributed by atoms with E-state index < -0.39 is 10.0 Å². The van der Waals surface area contributed by atoms with E-state index in [1.807, 2.05) is 19.2 Å². The Hall–Kier alpha value is -0.930. The van der Waals surface area contributed by atoms with Crippen molar-refractivity contribution in [3.63, 3.8) is 0 Å². The third kappa shape index (κ3) is 3.95. The van der Waals surface area contributed by atoms with Gasteiger partial charge in [0, 0.05) is 14.1 Å². The van der Waals surface area contributed by atoms with Crippen molar-refractivity contribution >= 4 is 33.0 Å². The Bertz CT molecular complexity index is 796. The summed E-state index contributed by atoms with van der Waals surface area (Å²) in [5.41, 5.74) is 1.20. The van der Waals surface area contributed by atoms with Crippen molar-refractivity contribution in [3.8, 4) is 0 Å². The van der Waals surface area contributed by atoms with E-state index in [1.165, 1.54) is 28.2 Å². The Morgan fingerprint density at radius 2 is 2.00 bits per heavy atom. The number of aromatic nitrogens is 2. The van der Waals surface area contributed by atoms with Crippen LogP contribution in [0, 0.1) is 13.8 Å². The van der Waals surface area contributed by atoms with Gasteiger partial charge in [-0.1, -0.05) is 11.6 Å². The molecule has 128 valence electrons. The molecule has 0 fully saturated rings. The first-order valence-corrected chi connectivity index (χ1v) is 9.78. The third-order valence-electron chi connectivity index (χ3n) is 3.58. The Balaban J connectivity index is 2.21. The Morgan fingerprint density at radius 1 is 1.35 bits per heavy atom. The molecule has 0 saturated heterocycles. The van der Waals surface area contributed by atoms with Gasteiger partial charge in [-0.3, -0.25) is 0 Å². The number of nitrogens with one attached hydrogen (secondary N) is 1. The normalized spacial score (nSPS) is 13.7. The maximum absolute atomic E-state index is 12.4. The highest BCUT2D eigenvalue weighted by atomic mass is 35.5. The van der Waals surface area contributed by atoms with Crippen LogP contribution < -0.4 is 4.90 Å². The fourth-order valence-electron chi connectivity index (χ4n) is 2.45. The van der Waals surface area contributed by atoms with Crippen molar-refractivity contribution < 1.29 is 13.3 Å². The molecule has 0 aliphatic heterocycles. The molecule has 2 rings (SSSR count). The number of thiophene rings is 1. The molecule has 9 heteroatoms. The van der Waals surface area contributed by atoms with Gasteiger partial charge in [-0.05, 0) is 26.0 Å². The summed E-state index contributed by atoms with van der Waals surface area (Å²) in [5, 5.41) is 4.41. The second-order valence-corrected chi connectivity index (χ2v) is 9.67. The minimum absolute atomic E-state index is 0.300. The van der Waals surface area contributed by atoms with E-state index in [0.717, 1.165) is 10.9 Å². The molecule has 0 aromatic carbocycles. The molecule has 0 aliphatic rings. The Labute approximate surface area is 146 Å². The number of nitrogens with zero attached hydrogens (tertiary/aromatic N) is 3. The summed E-state index contributed by atoms with van der Waals surface area (Å²) in [6.45, 7) is 4.93. The second-order valence-electron chi connectivity index (χ2n) is 5.78. The van der Waals surface area contributed by atoms with Crippen molar-refractivity contribution in [2.75, 3.05) is 21.1 Å². The Kier molecular flexibility index (Phi) is 5.52. The second kappa shape index (κ2) is 6.90. The highest BCUT2D eigenvalue weighted by molar-refractivity contribution is 7.89. The topological polar surface area (TPSA) is 59.6 Å². The summed E-state index contributed by atoms with van der Waals surface area (Å²) >= 11 is 7.51. The standard InChI is InChI=1S/C14H21ClN4O2S2/c1-10-14(23(20,21)17(3)4)11(2)19(16-10)9-18(5)8-12-6-7-13(15)22-12/h6-7H,8-9H2,1-5H3/p+1. The van der Waals surface area contributed by atoms with Crippen molar-refractivity contribution in [1.29, 1.82) is 0 Å². The SMILES string of the molecule is Cc1nn(C[NH+](C)Cc2ccc(Cl)s2)c(C)c1S(=O)(=O)N(C)C. The van der Waals surface area contributed by atoms with Crippen LogP contribution in [0.3, 0.4) is 0 Å². The maximum Gasteiger partial charge on any atom is 0.246 e. The molecule has 0 amide bonds. The van der Waals surface area contributed by atoms with Crippen LogP contribution in [0.1, 0.15) is 16.3 Å². The van der Waals surface area contributed by atoms with E-state index in [1.54, 1.807) is 29.9 Å². The molecule has 0 bridgehead atoms. The van der Waals surface area contributed by atoms with Crippen LogP contribution in [0.5, 0.6) is 0 Å². The summed E-state index contributed by atoms with van der Waals surface area (Å²) in [4.78, 5) is 2.69. The van der Waals surface area contributed by atoms with Crippen LogP contribution in [-0.4, -0.2) is 43.6 Å². The van der Waals surface area contributed by atoms with Crippen molar-refractivity contribution in [2.45, 2.75) is 32.0 Å². The van der Waals surface area contributed by atoms with Gasteiger partial charge in [0.05, 0.1) is 27.6 Å². The quantitative estimate of drug-likeness (QED) is 0.821. The number of quaternary nitrogens is 1. The lowest BCUT2D eigenvalue weighted by Crippen LogP contribution is -3.06. The van der Waals surface area contributed by atoms with Gasteiger partial charge in [0.25, 0.3) is 0 Å². The van der Waals surface area contributed by atoms with E-state index in [4.69, 9.17) is 11.6 Å². The lowest BCUT2D eigenvalue weighted by molar-refractivity contribution is -0.917. The number of rotatable bonds is 6. The van der Waals surface area contributed by atoms with Crippen molar-refractivity contribution in [2.24, 2.45) is 0 Å². The van der Waals surface area contributed by atoms with Crippen LogP contribution >= 0.6 is 22.9 Å². The van der Waals surface area contributed by atoms with Crippen LogP contribution in [0.15, 0.2) is 17.0 Å². The first-order valence-electron chi connectivity index (χ1n) is 7.15. The molecule has 23 heavy (non-hydrogen) atoms. The number of halogens is 1. The fraction of sp³-hybridized carbons (Fsp3) is 0.500. The van der Waals surface area contributed by atoms with Crippen molar-refractivity contribution in [3.05, 3.63) is 32.7 Å². The van der Waals surface area contributed by atoms with Crippen LogP contribution in [0.25, 0.3) is 0 Å². The highest BCUT2D eigenvalue weighted by Gasteiger charge is 2.27. The van der Waals surface area contributed by atoms with E-state index in [2.05, 4.69) is 5.10 Å². The molecule has 1 atom stereocenters. The zero-order valence-corrected chi connectivity index (χ0v) is 16.3. The molecule has 1 unspecified atom stereocenters. The summed E-state index contributed by atoms with van der Waals surface area (Å²) in [6, 6.07) is 3.90. The molecule has 6 nitrogen and oxygen atoms in total. The van der Waals surface area contributed by atoms with Gasteiger partial charge in [-0.25, -0.2) is 17.4 Å². The molecule has 1 N–H and O–H groups in total. The molecule has 2 aromatic rings. The van der Waals surface area contributed by atoms with Gasteiger partial charge < -0.3 is 4.90 Å². The lowest BCUT2D eigenvalue weighted by Gasteiger charge is -2.15. The average Bonchev–Trinajstić information content (AvgIpc) is 2.93. The molecule has 2 aromatic heterocycles. The zero-order valence-electron chi connectivity index (χ0n) is 13.9. The van der Waals surface area contributed by atoms with Crippen LogP contribution in [0.4, 0.5) is 0 Å². The summed E-state index contributed by atoms with van der Waals surface area (Å²) in [5.74, 6) is 0. The predicted octanol–water partition coefficient (Wildman–Crippen LogP) is 1.14. The average molecular weight is 378 g/mol. The van der Waals surface area contributed by atoms with Gasteiger partial charge >= 0.3 is 0 Å². The lowest BCUT2D eigenvalue weighted by atomic mass is 10.4. The predicted molar refractivity (Wildman–Crippen MR) is 92.5 cm³/mol. The number of aryl methyl sites for hydroxylation is 1. The molecule has 2 heterocycles. The summed E-state index contributed by atoms with van der Waals surface area (Å²) in [7, 11) is 1.62. The van der Waals surface area contributed by atoms with Crippen molar-refractivity contribution in [1.82, 2.24) is 14.1 Å². The number of sulfonamides is 1. The maximum atomic E-state index is 12.4. The van der Waals surface area contributed by atoms with Crippen LogP contribution in [0.2, 0.25) is 4.34 Å². The first-order chi connectivity index (χ1) is 10.6. The van der Waals surface area contributed by atoms with Crippen LogP contribution in [-0.2, 0) is 23.2 Å². The molecule has 0 radical (unpaired) electrons. The van der Waals surface area contributed by atoms with E-state index in [0.29, 0.717) is 23.0 Å². The molecule has 0 spiro atoms. The molecular weight excluding hydrogens is 356 g/mol. The number of hydrogen-bond acceptors (Lipinski definition) is 4. The summed E-state index contributed by atoms with van der Waals surface area (Å²) < 4.78 is 28.6. The largest absolute Gasteiger partial charge is 0.314 e. The molecule has 0 saturated carbocycles. The van der Waals surface area contributed by atoms with E-state index in [-0.39, 0.29) is 0 Å². The minimum atomic E-state index is -3.48. The first kappa shape index (κ1) is 18.4. The van der Waals surface area contributed by atoms with Gasteiger partial charge in [0.2, 0.25) is 10.0 Å². The third-order valence-corrected chi connectivity index (χ3v) is 6.88. The van der Waals surface area contributed by atoms with Gasteiger partial charge in [0.1, 0.15) is 11.4 Å². The fourth-order valence-corrected chi connectivity index (χ4v) is 4.91. The number of hydrogen-bond donors (Lipinski definition) is 1. The smallest absolute Gasteiger partial charge is 0.246 e. The Morgan fingerprint density at radius 3 is 2.52 bits per heavy atom. The highest BCUT2D eigenvalue weighted by Crippen LogP contribution is 2.22. The van der Waals surface area contributed by atoms with E-state index >= 15 is 0 Å². The monoisotopic (exact) mass is 377 g/mol. The zero-order chi connectivity index (χ0) is 17.4.